The van der Waals surface area contributed by atoms with Crippen LogP contribution in [0.25, 0.3) is 0 Å². The highest BCUT2D eigenvalue weighted by molar-refractivity contribution is 5.96. The van der Waals surface area contributed by atoms with Gasteiger partial charge in [-0.25, -0.2) is 10.3 Å². The molecule has 0 atom stereocenters. The first-order valence-corrected chi connectivity index (χ1v) is 4.55. The van der Waals surface area contributed by atoms with Crippen LogP contribution >= 0.6 is 0 Å². The summed E-state index contributed by atoms with van der Waals surface area (Å²) in [5.41, 5.74) is 1.81. The summed E-state index contributed by atoms with van der Waals surface area (Å²) < 4.78 is 4.88. The number of phenols is 1. The van der Waals surface area contributed by atoms with Gasteiger partial charge >= 0.3 is 5.97 Å². The van der Waals surface area contributed by atoms with Gasteiger partial charge in [0, 0.05) is 0 Å². The van der Waals surface area contributed by atoms with E-state index in [4.69, 9.17) is 9.84 Å². The summed E-state index contributed by atoms with van der Waals surface area (Å²) in [7, 11) is 1.41. The van der Waals surface area contributed by atoms with Gasteiger partial charge in [0.1, 0.15) is 11.5 Å². The summed E-state index contributed by atoms with van der Waals surface area (Å²) in [5.74, 6) is -1.86. The fourth-order valence-electron chi connectivity index (χ4n) is 1.04. The van der Waals surface area contributed by atoms with E-state index in [1.807, 2.05) is 5.48 Å². The minimum Gasteiger partial charge on any atom is -0.507 e. The van der Waals surface area contributed by atoms with E-state index in [0.717, 1.165) is 0 Å². The van der Waals surface area contributed by atoms with Gasteiger partial charge in [-0.05, 0) is 18.2 Å². The first-order chi connectivity index (χ1) is 8.04. The molecular weight excluding hydrogens is 230 g/mol. The van der Waals surface area contributed by atoms with E-state index in [1.54, 1.807) is 0 Å². The number of hydroxylamine groups is 1. The number of nitrogens with one attached hydrogen (secondary N) is 1. The monoisotopic (exact) mass is 241 g/mol. The van der Waals surface area contributed by atoms with Crippen molar-refractivity contribution < 1.29 is 29.4 Å². The van der Waals surface area contributed by atoms with E-state index in [-0.39, 0.29) is 11.3 Å². The molecule has 0 radical (unpaired) electrons. The predicted molar refractivity (Wildman–Crippen MR) is 55.7 cm³/mol. The van der Waals surface area contributed by atoms with Gasteiger partial charge in [-0.1, -0.05) is 0 Å². The number of benzene rings is 1. The van der Waals surface area contributed by atoms with Crippen molar-refractivity contribution in [1.29, 1.82) is 0 Å². The van der Waals surface area contributed by atoms with Crippen molar-refractivity contribution in [3.05, 3.63) is 23.8 Å². The zero-order chi connectivity index (χ0) is 12.8. The van der Waals surface area contributed by atoms with Crippen LogP contribution in [0.3, 0.4) is 0 Å². The van der Waals surface area contributed by atoms with E-state index < -0.39 is 18.5 Å². The molecule has 3 N–H and O–H groups in total. The Labute approximate surface area is 96.5 Å². The highest BCUT2D eigenvalue weighted by Crippen LogP contribution is 2.22. The number of rotatable bonds is 5. The molecule has 0 aliphatic carbocycles. The molecule has 92 valence electrons. The molecule has 0 aliphatic heterocycles. The van der Waals surface area contributed by atoms with Gasteiger partial charge in [0.25, 0.3) is 5.91 Å². The molecule has 0 aromatic heterocycles. The molecule has 17 heavy (non-hydrogen) atoms. The minimum atomic E-state index is -1.22. The van der Waals surface area contributed by atoms with Crippen molar-refractivity contribution in [2.24, 2.45) is 0 Å². The SMILES string of the molecule is COc1ccc(O)c(C(=O)NOCC(=O)O)c1. The van der Waals surface area contributed by atoms with Crippen molar-refractivity contribution in [2.45, 2.75) is 0 Å². The van der Waals surface area contributed by atoms with Crippen molar-refractivity contribution in [3.63, 3.8) is 0 Å². The number of carboxylic acids is 1. The standard InChI is InChI=1S/C10H11NO6/c1-16-6-2-3-8(12)7(4-6)10(15)11-17-5-9(13)14/h2-4,12H,5H2,1H3,(H,11,15)(H,13,14). The number of carboxylic acid groups (broad SMARTS) is 1. The zero-order valence-corrected chi connectivity index (χ0v) is 8.97. The lowest BCUT2D eigenvalue weighted by atomic mass is 10.2. The summed E-state index contributed by atoms with van der Waals surface area (Å²) in [6, 6.07) is 4.06. The number of aromatic hydroxyl groups is 1. The molecule has 7 heteroatoms. The summed E-state index contributed by atoms with van der Waals surface area (Å²) in [6.45, 7) is -0.670. The molecule has 1 rings (SSSR count). The lowest BCUT2D eigenvalue weighted by molar-refractivity contribution is -0.144. The second-order valence-corrected chi connectivity index (χ2v) is 3.00. The van der Waals surface area contributed by atoms with Crippen LogP contribution in [0.4, 0.5) is 0 Å². The van der Waals surface area contributed by atoms with Crippen molar-refractivity contribution >= 4 is 11.9 Å². The molecule has 0 unspecified atom stereocenters. The number of methoxy groups -OCH3 is 1. The van der Waals surface area contributed by atoms with Crippen LogP contribution in [-0.2, 0) is 9.63 Å². The lowest BCUT2D eigenvalue weighted by Gasteiger charge is -2.07. The molecule has 0 fully saturated rings. The third kappa shape index (κ3) is 3.65. The Hall–Kier alpha value is -2.28. The largest absolute Gasteiger partial charge is 0.507 e. The van der Waals surface area contributed by atoms with Gasteiger partial charge in [-0.3, -0.25) is 9.63 Å². The van der Waals surface area contributed by atoms with Crippen LogP contribution in [0.5, 0.6) is 11.5 Å². The molecular formula is C10H11NO6. The van der Waals surface area contributed by atoms with Crippen molar-refractivity contribution in [1.82, 2.24) is 5.48 Å². The van der Waals surface area contributed by atoms with Crippen LogP contribution in [0.2, 0.25) is 0 Å². The average molecular weight is 241 g/mol. The summed E-state index contributed by atoms with van der Waals surface area (Å²) in [6.07, 6.45) is 0. The van der Waals surface area contributed by atoms with Crippen molar-refractivity contribution in [2.75, 3.05) is 13.7 Å². The Morgan fingerprint density at radius 3 is 2.71 bits per heavy atom. The first kappa shape index (κ1) is 12.8. The second-order valence-electron chi connectivity index (χ2n) is 3.00. The highest BCUT2D eigenvalue weighted by Gasteiger charge is 2.12. The van der Waals surface area contributed by atoms with E-state index >= 15 is 0 Å². The van der Waals surface area contributed by atoms with Gasteiger partial charge < -0.3 is 14.9 Å². The molecule has 0 saturated carbocycles. The summed E-state index contributed by atoms with van der Waals surface area (Å²) in [4.78, 5) is 26.0. The van der Waals surface area contributed by atoms with Crippen LogP contribution in [0.1, 0.15) is 10.4 Å². The number of ether oxygens (including phenoxy) is 1. The fourth-order valence-corrected chi connectivity index (χ4v) is 1.04. The predicted octanol–water partition coefficient (Wildman–Crippen LogP) is 0.147. The number of hydrogen-bond donors (Lipinski definition) is 3. The molecule has 1 amide bonds. The van der Waals surface area contributed by atoms with Gasteiger partial charge in [-0.15, -0.1) is 0 Å². The highest BCUT2D eigenvalue weighted by atomic mass is 16.7. The number of aliphatic carboxylic acids is 1. The second kappa shape index (κ2) is 5.71. The smallest absolute Gasteiger partial charge is 0.332 e. The van der Waals surface area contributed by atoms with E-state index in [0.29, 0.717) is 5.75 Å². The quantitative estimate of drug-likeness (QED) is 0.633. The third-order valence-corrected chi connectivity index (χ3v) is 1.81. The van der Waals surface area contributed by atoms with E-state index in [2.05, 4.69) is 4.84 Å². The van der Waals surface area contributed by atoms with Gasteiger partial charge in [-0.2, -0.15) is 0 Å². The zero-order valence-electron chi connectivity index (χ0n) is 8.97. The average Bonchev–Trinajstić information content (AvgIpc) is 2.29. The van der Waals surface area contributed by atoms with Gasteiger partial charge in [0.05, 0.1) is 12.7 Å². The maximum Gasteiger partial charge on any atom is 0.332 e. The van der Waals surface area contributed by atoms with Crippen LogP contribution in [0.15, 0.2) is 18.2 Å². The lowest BCUT2D eigenvalue weighted by Crippen LogP contribution is -2.26. The third-order valence-electron chi connectivity index (χ3n) is 1.81. The number of carbonyl (C=O) groups excluding carboxylic acids is 1. The fraction of sp³-hybridized carbons (Fsp3) is 0.200. The number of hydrogen-bond acceptors (Lipinski definition) is 5. The maximum atomic E-state index is 11.5. The number of phenolic OH excluding ortho intramolecular Hbond substituents is 1. The van der Waals surface area contributed by atoms with Gasteiger partial charge in [0.2, 0.25) is 0 Å². The summed E-state index contributed by atoms with van der Waals surface area (Å²) >= 11 is 0. The topological polar surface area (TPSA) is 105 Å². The Morgan fingerprint density at radius 2 is 2.12 bits per heavy atom. The van der Waals surface area contributed by atoms with Crippen LogP contribution in [-0.4, -0.2) is 35.8 Å². The maximum absolute atomic E-state index is 11.5. The molecule has 7 nitrogen and oxygen atoms in total. The molecule has 0 bridgehead atoms. The molecule has 0 spiro atoms. The number of amides is 1. The van der Waals surface area contributed by atoms with Crippen LogP contribution < -0.4 is 10.2 Å². The Kier molecular flexibility index (Phi) is 4.29. The van der Waals surface area contributed by atoms with E-state index in [9.17, 15) is 14.7 Å². The normalized spacial score (nSPS) is 9.71. The molecule has 0 saturated heterocycles. The summed E-state index contributed by atoms with van der Waals surface area (Å²) in [5, 5.41) is 17.7. The number of carbonyl (C=O) groups is 2. The Bertz CT molecular complexity index is 431. The molecule has 0 heterocycles. The first-order valence-electron chi connectivity index (χ1n) is 4.55. The van der Waals surface area contributed by atoms with E-state index in [1.165, 1.54) is 25.3 Å². The molecule has 1 aromatic carbocycles. The Morgan fingerprint density at radius 1 is 1.41 bits per heavy atom. The molecule has 1 aromatic rings. The Balaban J connectivity index is 2.70. The van der Waals surface area contributed by atoms with Crippen LogP contribution in [0, 0.1) is 0 Å². The molecule has 0 aliphatic rings. The van der Waals surface area contributed by atoms with Crippen molar-refractivity contribution in [3.8, 4) is 11.5 Å². The minimum absolute atomic E-state index is 0.0743. The van der Waals surface area contributed by atoms with Gasteiger partial charge in [0.15, 0.2) is 6.61 Å².